The molecule has 0 spiro atoms. The van der Waals surface area contributed by atoms with Crippen LogP contribution in [0.4, 0.5) is 0 Å². The summed E-state index contributed by atoms with van der Waals surface area (Å²) < 4.78 is 0. The molecule has 1 aromatic rings. The van der Waals surface area contributed by atoms with Gasteiger partial charge in [-0.05, 0) is 32.3 Å². The maximum Gasteiger partial charge on any atom is 0.221 e. The first-order valence-electron chi connectivity index (χ1n) is 7.58. The van der Waals surface area contributed by atoms with E-state index in [1.54, 1.807) is 4.90 Å². The van der Waals surface area contributed by atoms with Gasteiger partial charge in [0, 0.05) is 32.5 Å². The lowest BCUT2D eigenvalue weighted by Crippen LogP contribution is -2.38. The van der Waals surface area contributed by atoms with E-state index in [4.69, 9.17) is 0 Å². The summed E-state index contributed by atoms with van der Waals surface area (Å²) >= 11 is 0. The number of benzene rings is 1. The number of hydrogen-bond donors (Lipinski definition) is 1. The molecule has 0 radical (unpaired) electrons. The molecule has 0 aliphatic heterocycles. The Hall–Kier alpha value is -1.84. The van der Waals surface area contributed by atoms with Crippen molar-refractivity contribution >= 4 is 11.8 Å². The van der Waals surface area contributed by atoms with Gasteiger partial charge in [-0.15, -0.1) is 0 Å². The smallest absolute Gasteiger partial charge is 0.221 e. The van der Waals surface area contributed by atoms with E-state index in [9.17, 15) is 9.59 Å². The number of carbonyl (C=O) groups excluding carboxylic acids is 2. The fourth-order valence-corrected chi connectivity index (χ4v) is 2.25. The van der Waals surface area contributed by atoms with E-state index >= 15 is 0 Å². The van der Waals surface area contributed by atoms with E-state index in [1.807, 2.05) is 32.0 Å². The van der Waals surface area contributed by atoms with E-state index in [0.29, 0.717) is 19.5 Å². The van der Waals surface area contributed by atoms with E-state index in [-0.39, 0.29) is 17.9 Å². The van der Waals surface area contributed by atoms with Gasteiger partial charge in [0.15, 0.2) is 0 Å². The Labute approximate surface area is 127 Å². The highest BCUT2D eigenvalue weighted by Crippen LogP contribution is 2.02. The van der Waals surface area contributed by atoms with Crippen LogP contribution in [-0.2, 0) is 16.0 Å². The minimum Gasteiger partial charge on any atom is -0.356 e. The lowest BCUT2D eigenvalue weighted by molar-refractivity contribution is -0.131. The summed E-state index contributed by atoms with van der Waals surface area (Å²) in [4.78, 5) is 24.9. The van der Waals surface area contributed by atoms with Gasteiger partial charge < -0.3 is 10.2 Å². The SMILES string of the molecule is CC(=O)N(CCC(=O)NCCCc1ccccc1)C(C)C. The molecule has 1 N–H and O–H groups in total. The van der Waals surface area contributed by atoms with Crippen LogP contribution in [0.2, 0.25) is 0 Å². The largest absolute Gasteiger partial charge is 0.356 e. The van der Waals surface area contributed by atoms with Crippen LogP contribution in [0.25, 0.3) is 0 Å². The Morgan fingerprint density at radius 2 is 1.86 bits per heavy atom. The average molecular weight is 290 g/mol. The third kappa shape index (κ3) is 6.93. The topological polar surface area (TPSA) is 49.4 Å². The number of hydrogen-bond acceptors (Lipinski definition) is 2. The molecule has 2 amide bonds. The Balaban J connectivity index is 2.18. The second kappa shape index (κ2) is 9.16. The molecule has 21 heavy (non-hydrogen) atoms. The first-order valence-corrected chi connectivity index (χ1v) is 7.58. The molecule has 0 aliphatic rings. The molecule has 0 saturated carbocycles. The number of carbonyl (C=O) groups is 2. The molecule has 0 saturated heterocycles. The third-order valence-corrected chi connectivity index (χ3v) is 3.41. The van der Waals surface area contributed by atoms with Crippen LogP contribution in [0.5, 0.6) is 0 Å². The Kier molecular flexibility index (Phi) is 7.51. The van der Waals surface area contributed by atoms with Crippen molar-refractivity contribution in [2.75, 3.05) is 13.1 Å². The zero-order valence-corrected chi connectivity index (χ0v) is 13.3. The Morgan fingerprint density at radius 3 is 2.43 bits per heavy atom. The van der Waals surface area contributed by atoms with Crippen molar-refractivity contribution in [2.45, 2.75) is 46.1 Å². The summed E-state index contributed by atoms with van der Waals surface area (Å²) in [6.45, 7) is 6.61. The van der Waals surface area contributed by atoms with Crippen LogP contribution >= 0.6 is 0 Å². The van der Waals surface area contributed by atoms with Crippen LogP contribution in [-0.4, -0.2) is 35.8 Å². The van der Waals surface area contributed by atoms with Crippen LogP contribution in [0, 0.1) is 0 Å². The van der Waals surface area contributed by atoms with Crippen molar-refractivity contribution in [1.82, 2.24) is 10.2 Å². The number of nitrogens with zero attached hydrogens (tertiary/aromatic N) is 1. The highest BCUT2D eigenvalue weighted by Gasteiger charge is 2.13. The van der Waals surface area contributed by atoms with Crippen molar-refractivity contribution in [3.05, 3.63) is 35.9 Å². The molecule has 4 nitrogen and oxygen atoms in total. The summed E-state index contributed by atoms with van der Waals surface area (Å²) in [5, 5.41) is 2.91. The third-order valence-electron chi connectivity index (χ3n) is 3.41. The molecule has 0 fully saturated rings. The summed E-state index contributed by atoms with van der Waals surface area (Å²) in [5.41, 5.74) is 1.29. The predicted molar refractivity (Wildman–Crippen MR) is 84.9 cm³/mol. The van der Waals surface area contributed by atoms with Crippen molar-refractivity contribution in [1.29, 1.82) is 0 Å². The number of rotatable bonds is 8. The minimum atomic E-state index is 0.00922. The predicted octanol–water partition coefficient (Wildman–Crippen LogP) is 2.38. The van der Waals surface area contributed by atoms with E-state index < -0.39 is 0 Å². The first-order chi connectivity index (χ1) is 10.0. The van der Waals surface area contributed by atoms with E-state index in [0.717, 1.165) is 12.8 Å². The Morgan fingerprint density at radius 1 is 1.19 bits per heavy atom. The molecule has 0 bridgehead atoms. The van der Waals surface area contributed by atoms with Crippen LogP contribution in [0.15, 0.2) is 30.3 Å². The summed E-state index contributed by atoms with van der Waals surface area (Å²) in [7, 11) is 0. The van der Waals surface area contributed by atoms with Gasteiger partial charge in [-0.1, -0.05) is 30.3 Å². The second-order valence-electron chi connectivity index (χ2n) is 5.50. The second-order valence-corrected chi connectivity index (χ2v) is 5.50. The minimum absolute atomic E-state index is 0.00922. The molecule has 1 rings (SSSR count). The molecule has 116 valence electrons. The quantitative estimate of drug-likeness (QED) is 0.747. The van der Waals surface area contributed by atoms with Crippen molar-refractivity contribution < 1.29 is 9.59 Å². The fourth-order valence-electron chi connectivity index (χ4n) is 2.25. The van der Waals surface area contributed by atoms with Gasteiger partial charge in [-0.2, -0.15) is 0 Å². The highest BCUT2D eigenvalue weighted by molar-refractivity contribution is 5.78. The lowest BCUT2D eigenvalue weighted by Gasteiger charge is -2.24. The number of aryl methyl sites for hydroxylation is 1. The van der Waals surface area contributed by atoms with Gasteiger partial charge in [-0.25, -0.2) is 0 Å². The maximum absolute atomic E-state index is 11.8. The molecule has 0 atom stereocenters. The van der Waals surface area contributed by atoms with E-state index in [2.05, 4.69) is 17.4 Å². The van der Waals surface area contributed by atoms with Gasteiger partial charge in [0.05, 0.1) is 0 Å². The normalized spacial score (nSPS) is 10.5. The first kappa shape index (κ1) is 17.2. The molecule has 0 aromatic heterocycles. The molecular formula is C17H26N2O2. The molecule has 4 heteroatoms. The van der Waals surface area contributed by atoms with Crippen molar-refractivity contribution in [3.63, 3.8) is 0 Å². The zero-order chi connectivity index (χ0) is 15.7. The average Bonchev–Trinajstić information content (AvgIpc) is 2.44. The van der Waals surface area contributed by atoms with Crippen molar-refractivity contribution in [3.8, 4) is 0 Å². The highest BCUT2D eigenvalue weighted by atomic mass is 16.2. The van der Waals surface area contributed by atoms with Crippen molar-refractivity contribution in [2.24, 2.45) is 0 Å². The standard InChI is InChI=1S/C17H26N2O2/c1-14(2)19(15(3)20)13-11-17(21)18-12-7-10-16-8-5-4-6-9-16/h4-6,8-9,14H,7,10-13H2,1-3H3,(H,18,21). The molecule has 1 aromatic carbocycles. The van der Waals surface area contributed by atoms with Gasteiger partial charge in [-0.3, -0.25) is 9.59 Å². The van der Waals surface area contributed by atoms with Gasteiger partial charge in [0.2, 0.25) is 11.8 Å². The summed E-state index contributed by atoms with van der Waals surface area (Å²) in [6.07, 6.45) is 2.26. The summed E-state index contributed by atoms with van der Waals surface area (Å²) in [6, 6.07) is 10.4. The maximum atomic E-state index is 11.8. The zero-order valence-electron chi connectivity index (χ0n) is 13.3. The van der Waals surface area contributed by atoms with Gasteiger partial charge in [0.1, 0.15) is 0 Å². The molecular weight excluding hydrogens is 264 g/mol. The van der Waals surface area contributed by atoms with Crippen LogP contribution in [0.3, 0.4) is 0 Å². The van der Waals surface area contributed by atoms with Gasteiger partial charge >= 0.3 is 0 Å². The van der Waals surface area contributed by atoms with Crippen LogP contribution < -0.4 is 5.32 Å². The fraction of sp³-hybridized carbons (Fsp3) is 0.529. The lowest BCUT2D eigenvalue weighted by atomic mass is 10.1. The van der Waals surface area contributed by atoms with Crippen LogP contribution in [0.1, 0.15) is 39.2 Å². The molecule has 0 aliphatic carbocycles. The number of nitrogens with one attached hydrogen (secondary N) is 1. The molecule has 0 heterocycles. The monoisotopic (exact) mass is 290 g/mol. The molecule has 0 unspecified atom stereocenters. The summed E-state index contributed by atoms with van der Waals surface area (Å²) in [5.74, 6) is 0.0249. The number of amides is 2. The Bertz CT molecular complexity index is 443. The van der Waals surface area contributed by atoms with E-state index in [1.165, 1.54) is 12.5 Å². The van der Waals surface area contributed by atoms with Gasteiger partial charge in [0.25, 0.3) is 0 Å².